The van der Waals surface area contributed by atoms with E-state index in [9.17, 15) is 0 Å². The molecule has 0 radical (unpaired) electrons. The van der Waals surface area contributed by atoms with Crippen molar-refractivity contribution in [2.24, 2.45) is 0 Å². The summed E-state index contributed by atoms with van der Waals surface area (Å²) in [4.78, 5) is 0. The monoisotopic (exact) mass is 666 g/mol. The number of rotatable bonds is 5. The van der Waals surface area contributed by atoms with Crippen molar-refractivity contribution in [1.82, 2.24) is 0 Å². The number of halogens is 1. The lowest BCUT2D eigenvalue weighted by Crippen LogP contribution is -2.75. The average molecular weight is 668 g/mol. The normalized spacial score (nSPS) is 15.9. The topological polar surface area (TPSA) is 0 Å². The minimum atomic E-state index is -2.86. The van der Waals surface area contributed by atoms with Crippen LogP contribution in [0, 0.1) is 0 Å². The summed E-state index contributed by atoms with van der Waals surface area (Å²) in [6, 6.07) is 66.1. The largest absolute Gasteiger partial charge is 0.179 e. The van der Waals surface area contributed by atoms with Crippen molar-refractivity contribution in [3.63, 3.8) is 0 Å². The molecule has 0 nitrogen and oxygen atoms in total. The van der Waals surface area contributed by atoms with Gasteiger partial charge in [-0.15, -0.1) is 0 Å². The third-order valence-electron chi connectivity index (χ3n) is 10.3. The molecule has 7 aromatic rings. The van der Waals surface area contributed by atoms with Crippen LogP contribution in [0.25, 0.3) is 11.1 Å². The third-order valence-corrected chi connectivity index (χ3v) is 15.8. The van der Waals surface area contributed by atoms with Gasteiger partial charge in [-0.25, -0.2) is 0 Å². The summed E-state index contributed by atoms with van der Waals surface area (Å²) >= 11 is 4.04. The molecule has 0 fully saturated rings. The van der Waals surface area contributed by atoms with E-state index in [4.69, 9.17) is 0 Å². The third kappa shape index (κ3) is 3.97. The average Bonchev–Trinajstić information content (AvgIpc) is 3.13. The molecule has 0 N–H and O–H groups in total. The van der Waals surface area contributed by atoms with E-state index in [0.717, 1.165) is 0 Å². The standard InChI is InChI=1S/C44H31BrSi/c45-39-27-13-25-37-41-35-23-10-11-24-36(35)44(42(37)39)43-38(41)26-14-28-40(43)46(32-18-6-2-7-19-32,33-20-8-3-9-21-33)34-22-12-17-31(29-34)30-15-4-1-5-16-30/h1-29,41,44H. The van der Waals surface area contributed by atoms with Crippen molar-refractivity contribution in [3.05, 3.63) is 214 Å². The molecule has 7 aromatic carbocycles. The Balaban J connectivity index is 1.42. The first-order valence-electron chi connectivity index (χ1n) is 16.0. The fraction of sp³-hybridized carbons (Fsp3) is 0.0455. The highest BCUT2D eigenvalue weighted by atomic mass is 79.9. The molecule has 3 aliphatic carbocycles. The van der Waals surface area contributed by atoms with Crippen LogP contribution < -0.4 is 20.7 Å². The minimum absolute atomic E-state index is 0.148. The summed E-state index contributed by atoms with van der Waals surface area (Å²) in [6.45, 7) is 0. The molecule has 3 aliphatic rings. The molecule has 0 spiro atoms. The lowest BCUT2D eigenvalue weighted by atomic mass is 9.61. The zero-order chi connectivity index (χ0) is 30.7. The Morgan fingerprint density at radius 1 is 0.370 bits per heavy atom. The molecule has 2 bridgehead atoms. The Morgan fingerprint density at radius 3 is 1.52 bits per heavy atom. The fourth-order valence-electron chi connectivity index (χ4n) is 8.49. The first-order chi connectivity index (χ1) is 22.8. The van der Waals surface area contributed by atoms with Gasteiger partial charge in [-0.05, 0) is 71.3 Å². The van der Waals surface area contributed by atoms with Crippen LogP contribution in [-0.2, 0) is 0 Å². The van der Waals surface area contributed by atoms with E-state index >= 15 is 0 Å². The predicted octanol–water partition coefficient (Wildman–Crippen LogP) is 8.48. The van der Waals surface area contributed by atoms with Crippen molar-refractivity contribution in [3.8, 4) is 11.1 Å². The quantitative estimate of drug-likeness (QED) is 0.128. The predicted molar refractivity (Wildman–Crippen MR) is 198 cm³/mol. The van der Waals surface area contributed by atoms with E-state index in [1.54, 1.807) is 0 Å². The summed E-state index contributed by atoms with van der Waals surface area (Å²) in [5, 5.41) is 5.70. The summed E-state index contributed by atoms with van der Waals surface area (Å²) in [5.41, 5.74) is 11.2. The maximum atomic E-state index is 4.04. The van der Waals surface area contributed by atoms with E-state index in [0.29, 0.717) is 0 Å². The van der Waals surface area contributed by atoms with Crippen molar-refractivity contribution < 1.29 is 0 Å². The molecule has 0 aromatic heterocycles. The Hall–Kier alpha value is -4.76. The van der Waals surface area contributed by atoms with Crippen LogP contribution in [0.3, 0.4) is 0 Å². The van der Waals surface area contributed by atoms with Gasteiger partial charge in [0.2, 0.25) is 0 Å². The summed E-state index contributed by atoms with van der Waals surface area (Å²) in [6.07, 6.45) is 0. The van der Waals surface area contributed by atoms with Gasteiger partial charge in [0, 0.05) is 16.3 Å². The van der Waals surface area contributed by atoms with Crippen molar-refractivity contribution in [1.29, 1.82) is 0 Å². The zero-order valence-corrected chi connectivity index (χ0v) is 27.9. The van der Waals surface area contributed by atoms with Crippen molar-refractivity contribution in [2.75, 3.05) is 0 Å². The van der Waals surface area contributed by atoms with Gasteiger partial charge >= 0.3 is 0 Å². The van der Waals surface area contributed by atoms with Crippen LogP contribution in [0.5, 0.6) is 0 Å². The lowest BCUT2D eigenvalue weighted by Gasteiger charge is -2.46. The Morgan fingerprint density at radius 2 is 0.848 bits per heavy atom. The van der Waals surface area contributed by atoms with E-state index in [2.05, 4.69) is 192 Å². The van der Waals surface area contributed by atoms with E-state index in [1.165, 1.54) is 69.7 Å². The first kappa shape index (κ1) is 27.5. The molecule has 0 heterocycles. The molecule has 10 rings (SSSR count). The van der Waals surface area contributed by atoms with Gasteiger partial charge in [-0.2, -0.15) is 0 Å². The van der Waals surface area contributed by atoms with Crippen LogP contribution >= 0.6 is 15.9 Å². The molecule has 0 amide bonds. The van der Waals surface area contributed by atoms with Crippen molar-refractivity contribution in [2.45, 2.75) is 11.8 Å². The van der Waals surface area contributed by atoms with Gasteiger partial charge in [0.25, 0.3) is 0 Å². The van der Waals surface area contributed by atoms with Gasteiger partial charge in [-0.1, -0.05) is 186 Å². The second-order valence-corrected chi connectivity index (χ2v) is 17.1. The van der Waals surface area contributed by atoms with Gasteiger partial charge in [-0.3, -0.25) is 0 Å². The maximum Gasteiger partial charge on any atom is 0.179 e. The number of hydrogen-bond acceptors (Lipinski definition) is 0. The smallest absolute Gasteiger partial charge is 0.0623 e. The molecule has 2 heteroatoms. The van der Waals surface area contributed by atoms with Crippen LogP contribution in [0.2, 0.25) is 0 Å². The highest BCUT2D eigenvalue weighted by Crippen LogP contribution is 2.56. The molecule has 2 unspecified atom stereocenters. The number of benzene rings is 7. The first-order valence-corrected chi connectivity index (χ1v) is 18.8. The summed E-state index contributed by atoms with van der Waals surface area (Å²) < 4.78 is 1.20. The summed E-state index contributed by atoms with van der Waals surface area (Å²) in [7, 11) is -2.86. The molecule has 0 aliphatic heterocycles. The lowest BCUT2D eigenvalue weighted by molar-refractivity contribution is 0.754. The molecule has 0 saturated heterocycles. The van der Waals surface area contributed by atoms with Crippen molar-refractivity contribution >= 4 is 44.8 Å². The highest BCUT2D eigenvalue weighted by Gasteiger charge is 2.49. The Kier molecular flexibility index (Phi) is 6.55. The number of hydrogen-bond donors (Lipinski definition) is 0. The van der Waals surface area contributed by atoms with Gasteiger partial charge in [0.05, 0.1) is 0 Å². The fourth-order valence-corrected chi connectivity index (χ4v) is 14.2. The highest BCUT2D eigenvalue weighted by molar-refractivity contribution is 9.10. The maximum absolute atomic E-state index is 4.04. The molecule has 2 atom stereocenters. The van der Waals surface area contributed by atoms with Crippen LogP contribution in [-0.4, -0.2) is 8.07 Å². The van der Waals surface area contributed by atoms with Crippen LogP contribution in [0.4, 0.5) is 0 Å². The van der Waals surface area contributed by atoms with Gasteiger partial charge < -0.3 is 0 Å². The van der Waals surface area contributed by atoms with Crippen LogP contribution in [0.15, 0.2) is 180 Å². The SMILES string of the molecule is Brc1cccc2c1C1c3ccccc3C2c2cccc([Si](c3ccccc3)(c3ccccc3)c3cccc(-c4ccccc4)c3)c21. The summed E-state index contributed by atoms with van der Waals surface area (Å²) in [5.74, 6) is 0.354. The Labute approximate surface area is 280 Å². The Bertz CT molecular complexity index is 2180. The molecule has 0 saturated carbocycles. The van der Waals surface area contributed by atoms with Crippen LogP contribution in [0.1, 0.15) is 45.2 Å². The second kappa shape index (κ2) is 10.9. The van der Waals surface area contributed by atoms with Gasteiger partial charge in [0.1, 0.15) is 0 Å². The van der Waals surface area contributed by atoms with Gasteiger partial charge in [0.15, 0.2) is 8.07 Å². The second-order valence-electron chi connectivity index (χ2n) is 12.5. The van der Waals surface area contributed by atoms with E-state index in [-0.39, 0.29) is 11.8 Å². The van der Waals surface area contributed by atoms with E-state index < -0.39 is 8.07 Å². The molecule has 218 valence electrons. The molecular weight excluding hydrogens is 636 g/mol. The molecular formula is C44H31BrSi. The zero-order valence-electron chi connectivity index (χ0n) is 25.3. The minimum Gasteiger partial charge on any atom is -0.0623 e. The molecule has 46 heavy (non-hydrogen) atoms. The van der Waals surface area contributed by atoms with E-state index in [1.807, 2.05) is 0 Å².